The Hall–Kier alpha value is -2.95. The number of nitrogens with zero attached hydrogens (tertiary/aromatic N) is 3. The molecule has 0 aliphatic carbocycles. The Bertz CT molecular complexity index is 1230. The number of ether oxygens (including phenoxy) is 1. The van der Waals surface area contributed by atoms with Crippen LogP contribution in [0.5, 0.6) is 0 Å². The number of aromatic nitrogens is 2. The van der Waals surface area contributed by atoms with Gasteiger partial charge in [-0.3, -0.25) is 14.3 Å². The van der Waals surface area contributed by atoms with Crippen molar-refractivity contribution in [2.24, 2.45) is 0 Å². The fraction of sp³-hybridized carbons (Fsp3) is 0.333. The first-order chi connectivity index (χ1) is 15.0. The number of carbonyl (C=O) groups excluding carboxylic acids is 1. The van der Waals surface area contributed by atoms with Gasteiger partial charge in [0.05, 0.1) is 29.1 Å². The topological polar surface area (TPSA) is 103 Å². The minimum Gasteiger partial charge on any atom is -0.379 e. The lowest BCUT2D eigenvalue weighted by atomic mass is 10.3. The van der Waals surface area contributed by atoms with Gasteiger partial charge in [-0.2, -0.15) is 3.97 Å². The van der Waals surface area contributed by atoms with E-state index in [-0.39, 0.29) is 22.9 Å². The second kappa shape index (κ2) is 9.04. The van der Waals surface area contributed by atoms with Gasteiger partial charge in [-0.25, -0.2) is 13.2 Å². The van der Waals surface area contributed by atoms with Gasteiger partial charge in [0, 0.05) is 26.2 Å². The van der Waals surface area contributed by atoms with Crippen LogP contribution in [-0.2, 0) is 26.1 Å². The molecule has 0 bridgehead atoms. The summed E-state index contributed by atoms with van der Waals surface area (Å²) in [5, 5.41) is 2.81. The summed E-state index contributed by atoms with van der Waals surface area (Å²) in [7, 11) is -4.11. The molecule has 2 heterocycles. The van der Waals surface area contributed by atoms with Crippen LogP contribution in [0, 0.1) is 0 Å². The molecule has 1 fully saturated rings. The number of rotatable bonds is 7. The van der Waals surface area contributed by atoms with E-state index < -0.39 is 15.7 Å². The number of benzene rings is 2. The zero-order valence-electron chi connectivity index (χ0n) is 16.9. The molecule has 1 aliphatic rings. The number of imidazole rings is 1. The molecule has 1 N–H and O–H groups in total. The molecule has 0 unspecified atom stereocenters. The van der Waals surface area contributed by atoms with E-state index in [0.29, 0.717) is 31.8 Å². The van der Waals surface area contributed by atoms with Gasteiger partial charge in [0.15, 0.2) is 0 Å². The lowest BCUT2D eigenvalue weighted by Crippen LogP contribution is -2.42. The highest BCUT2D eigenvalue weighted by Crippen LogP contribution is 2.19. The van der Waals surface area contributed by atoms with Gasteiger partial charge in [-0.15, -0.1) is 0 Å². The molecular formula is C21H24N4O5S. The predicted molar refractivity (Wildman–Crippen MR) is 115 cm³/mol. The largest absolute Gasteiger partial charge is 0.379 e. The molecule has 1 amide bonds. The molecule has 0 saturated carbocycles. The maximum absolute atomic E-state index is 13.1. The molecule has 1 aliphatic heterocycles. The summed E-state index contributed by atoms with van der Waals surface area (Å²) in [5.74, 6) is -0.352. The number of morpholine rings is 1. The van der Waals surface area contributed by atoms with Gasteiger partial charge in [-0.1, -0.05) is 30.3 Å². The van der Waals surface area contributed by atoms with Gasteiger partial charge in [0.2, 0.25) is 5.91 Å². The summed E-state index contributed by atoms with van der Waals surface area (Å²) in [6.45, 7) is 3.86. The maximum atomic E-state index is 13.1. The van der Waals surface area contributed by atoms with Crippen molar-refractivity contribution < 1.29 is 17.9 Å². The smallest absolute Gasteiger partial charge is 0.343 e. The summed E-state index contributed by atoms with van der Waals surface area (Å²) in [4.78, 5) is 27.8. The van der Waals surface area contributed by atoms with Crippen LogP contribution in [0.1, 0.15) is 0 Å². The summed E-state index contributed by atoms with van der Waals surface area (Å²) in [6.07, 6.45) is 0. The highest BCUT2D eigenvalue weighted by Gasteiger charge is 2.25. The van der Waals surface area contributed by atoms with Crippen LogP contribution < -0.4 is 11.0 Å². The minimum absolute atomic E-state index is 0.00923. The van der Waals surface area contributed by atoms with Crippen molar-refractivity contribution in [3.05, 3.63) is 65.1 Å². The van der Waals surface area contributed by atoms with E-state index in [1.54, 1.807) is 42.5 Å². The molecule has 1 aromatic heterocycles. The zero-order chi connectivity index (χ0) is 21.8. The Morgan fingerprint density at radius 2 is 1.61 bits per heavy atom. The first-order valence-corrected chi connectivity index (χ1v) is 11.5. The normalized spacial score (nSPS) is 15.2. The third-order valence-corrected chi connectivity index (χ3v) is 6.93. The number of hydrogen-bond acceptors (Lipinski definition) is 6. The van der Waals surface area contributed by atoms with Crippen LogP contribution in [0.2, 0.25) is 0 Å². The lowest BCUT2D eigenvalue weighted by molar-refractivity contribution is -0.121. The Kier molecular flexibility index (Phi) is 6.21. The van der Waals surface area contributed by atoms with Crippen LogP contribution in [0.15, 0.2) is 64.3 Å². The standard InChI is InChI=1S/C21H24N4O5S/c26-20(22-10-11-23-12-14-30-15-13-23)16-24-18-8-4-5-9-19(18)25(21(24)27)31(28,29)17-6-2-1-3-7-17/h1-9H,10-16H2,(H,22,26). The molecule has 0 atom stereocenters. The van der Waals surface area contributed by atoms with E-state index in [4.69, 9.17) is 4.74 Å². The summed E-state index contributed by atoms with van der Waals surface area (Å²) >= 11 is 0. The molecule has 0 spiro atoms. The van der Waals surface area contributed by atoms with Gasteiger partial charge in [0.25, 0.3) is 10.0 Å². The Morgan fingerprint density at radius 3 is 2.32 bits per heavy atom. The van der Waals surface area contributed by atoms with E-state index in [1.165, 1.54) is 16.7 Å². The predicted octanol–water partition coefficient (Wildman–Crippen LogP) is 0.488. The molecule has 10 heteroatoms. The van der Waals surface area contributed by atoms with Crippen LogP contribution in [-0.4, -0.2) is 67.2 Å². The van der Waals surface area contributed by atoms with Gasteiger partial charge >= 0.3 is 5.69 Å². The van der Waals surface area contributed by atoms with E-state index >= 15 is 0 Å². The minimum atomic E-state index is -4.11. The molecule has 4 rings (SSSR count). The first-order valence-electron chi connectivity index (χ1n) is 10.1. The first kappa shape index (κ1) is 21.3. The van der Waals surface area contributed by atoms with Crippen molar-refractivity contribution in [2.45, 2.75) is 11.4 Å². The Morgan fingerprint density at radius 1 is 0.968 bits per heavy atom. The van der Waals surface area contributed by atoms with Crippen LogP contribution in [0.4, 0.5) is 0 Å². The monoisotopic (exact) mass is 444 g/mol. The zero-order valence-corrected chi connectivity index (χ0v) is 17.8. The summed E-state index contributed by atoms with van der Waals surface area (Å²) in [5.41, 5.74) is -0.152. The van der Waals surface area contributed by atoms with E-state index in [9.17, 15) is 18.0 Å². The molecular weight excluding hydrogens is 420 g/mol. The SMILES string of the molecule is O=C(Cn1c(=O)n(S(=O)(=O)c2ccccc2)c2ccccc21)NCCN1CCOCC1. The third kappa shape index (κ3) is 4.41. The fourth-order valence-electron chi connectivity index (χ4n) is 3.64. The van der Waals surface area contributed by atoms with Crippen molar-refractivity contribution >= 4 is 27.0 Å². The fourth-order valence-corrected chi connectivity index (χ4v) is 5.07. The number of fused-ring (bicyclic) bond motifs is 1. The third-order valence-electron chi connectivity index (χ3n) is 5.23. The van der Waals surface area contributed by atoms with Crippen LogP contribution in [0.25, 0.3) is 11.0 Å². The van der Waals surface area contributed by atoms with Gasteiger partial charge < -0.3 is 10.1 Å². The summed E-state index contributed by atoms with van der Waals surface area (Å²) < 4.78 is 33.6. The van der Waals surface area contributed by atoms with E-state index in [1.807, 2.05) is 0 Å². The Labute approximate surface area is 179 Å². The Balaban J connectivity index is 1.58. The van der Waals surface area contributed by atoms with Crippen molar-refractivity contribution in [2.75, 3.05) is 39.4 Å². The van der Waals surface area contributed by atoms with Crippen molar-refractivity contribution in [3.63, 3.8) is 0 Å². The molecule has 31 heavy (non-hydrogen) atoms. The molecule has 1 saturated heterocycles. The van der Waals surface area contributed by atoms with Gasteiger partial charge in [0.1, 0.15) is 6.54 Å². The average molecular weight is 445 g/mol. The van der Waals surface area contributed by atoms with E-state index in [0.717, 1.165) is 17.1 Å². The second-order valence-corrected chi connectivity index (χ2v) is 9.03. The highest BCUT2D eigenvalue weighted by atomic mass is 32.2. The molecule has 3 aromatic rings. The second-order valence-electron chi connectivity index (χ2n) is 7.24. The maximum Gasteiger partial charge on any atom is 0.343 e. The number of carbonyl (C=O) groups is 1. The number of nitrogens with one attached hydrogen (secondary N) is 1. The van der Waals surface area contributed by atoms with Crippen molar-refractivity contribution in [3.8, 4) is 0 Å². The molecule has 164 valence electrons. The lowest BCUT2D eigenvalue weighted by Gasteiger charge is -2.26. The van der Waals surface area contributed by atoms with Crippen molar-refractivity contribution in [1.29, 1.82) is 0 Å². The van der Waals surface area contributed by atoms with E-state index in [2.05, 4.69) is 10.2 Å². The number of hydrogen-bond donors (Lipinski definition) is 1. The quantitative estimate of drug-likeness (QED) is 0.569. The van der Waals surface area contributed by atoms with Crippen molar-refractivity contribution in [1.82, 2.24) is 18.8 Å². The van der Waals surface area contributed by atoms with Crippen LogP contribution in [0.3, 0.4) is 0 Å². The van der Waals surface area contributed by atoms with Gasteiger partial charge in [-0.05, 0) is 24.3 Å². The number of para-hydroxylation sites is 2. The molecule has 2 aromatic carbocycles. The molecule has 9 nitrogen and oxygen atoms in total. The van der Waals surface area contributed by atoms with Crippen LogP contribution >= 0.6 is 0 Å². The number of amides is 1. The summed E-state index contributed by atoms with van der Waals surface area (Å²) in [6, 6.07) is 14.3. The average Bonchev–Trinajstić information content (AvgIpc) is 3.07. The molecule has 0 radical (unpaired) electrons. The highest BCUT2D eigenvalue weighted by molar-refractivity contribution is 7.90.